The van der Waals surface area contributed by atoms with Crippen LogP contribution in [0.1, 0.15) is 19.3 Å². The van der Waals surface area contributed by atoms with Crippen LogP contribution in [0.4, 0.5) is 5.95 Å². The van der Waals surface area contributed by atoms with Crippen molar-refractivity contribution in [3.63, 3.8) is 0 Å². The lowest BCUT2D eigenvalue weighted by molar-refractivity contribution is 0.326. The third-order valence-corrected chi connectivity index (χ3v) is 6.09. The van der Waals surface area contributed by atoms with Gasteiger partial charge in [0.25, 0.3) is 0 Å². The van der Waals surface area contributed by atoms with E-state index in [1.807, 2.05) is 17.8 Å². The number of rotatable bonds is 3. The van der Waals surface area contributed by atoms with E-state index in [9.17, 15) is 0 Å². The molecule has 0 amide bonds. The van der Waals surface area contributed by atoms with Gasteiger partial charge in [0.15, 0.2) is 0 Å². The molecule has 1 aromatic carbocycles. The van der Waals surface area contributed by atoms with E-state index < -0.39 is 0 Å². The standard InChI is InChI=1S/C13H15Cl2N3S/c1-19-13(3-2-4-13)7-18-11-6-9(15)8(14)5-10(11)17-12(18)16/h5-6H,2-4,7H2,1H3,(H2,16,17). The number of nitrogens with two attached hydrogens (primary N) is 1. The quantitative estimate of drug-likeness (QED) is 0.922. The first-order valence-corrected chi connectivity index (χ1v) is 8.19. The first-order chi connectivity index (χ1) is 9.04. The largest absolute Gasteiger partial charge is 0.369 e. The summed E-state index contributed by atoms with van der Waals surface area (Å²) in [5, 5.41) is 1.06. The molecule has 19 heavy (non-hydrogen) atoms. The molecule has 1 aliphatic rings. The number of imidazole rings is 1. The highest BCUT2D eigenvalue weighted by Gasteiger charge is 2.37. The Kier molecular flexibility index (Phi) is 3.36. The normalized spacial score (nSPS) is 17.6. The highest BCUT2D eigenvalue weighted by molar-refractivity contribution is 8.00. The van der Waals surface area contributed by atoms with Crippen molar-refractivity contribution >= 4 is 51.9 Å². The molecule has 1 heterocycles. The highest BCUT2D eigenvalue weighted by Crippen LogP contribution is 2.45. The molecule has 6 heteroatoms. The number of halogens is 2. The minimum Gasteiger partial charge on any atom is -0.369 e. The zero-order chi connectivity index (χ0) is 13.6. The third kappa shape index (κ3) is 2.20. The number of nitrogen functional groups attached to an aromatic ring is 1. The number of hydrogen-bond acceptors (Lipinski definition) is 3. The average molecular weight is 316 g/mol. The monoisotopic (exact) mass is 315 g/mol. The van der Waals surface area contributed by atoms with Gasteiger partial charge in [-0.05, 0) is 31.2 Å². The lowest BCUT2D eigenvalue weighted by Gasteiger charge is -2.40. The molecule has 1 saturated carbocycles. The molecule has 1 aliphatic carbocycles. The zero-order valence-electron chi connectivity index (χ0n) is 10.6. The lowest BCUT2D eigenvalue weighted by Crippen LogP contribution is -2.38. The molecule has 1 fully saturated rings. The Bertz CT molecular complexity index is 629. The van der Waals surface area contributed by atoms with Crippen LogP contribution in [0.15, 0.2) is 12.1 Å². The highest BCUT2D eigenvalue weighted by atomic mass is 35.5. The summed E-state index contributed by atoms with van der Waals surface area (Å²) in [7, 11) is 0. The molecule has 0 unspecified atom stereocenters. The number of anilines is 1. The van der Waals surface area contributed by atoms with Crippen LogP contribution in [0.2, 0.25) is 10.0 Å². The molecule has 2 N–H and O–H groups in total. The second-order valence-corrected chi connectivity index (χ2v) is 7.14. The lowest BCUT2D eigenvalue weighted by atomic mass is 9.84. The predicted octanol–water partition coefficient (Wildman–Crippen LogP) is 4.21. The molecule has 0 aliphatic heterocycles. The zero-order valence-corrected chi connectivity index (χ0v) is 12.9. The summed E-state index contributed by atoms with van der Waals surface area (Å²) in [5.74, 6) is 0.536. The van der Waals surface area contributed by atoms with Crippen molar-refractivity contribution in [2.45, 2.75) is 30.6 Å². The topological polar surface area (TPSA) is 43.8 Å². The Morgan fingerprint density at radius 2 is 2.05 bits per heavy atom. The molecule has 1 aromatic heterocycles. The second-order valence-electron chi connectivity index (χ2n) is 5.05. The van der Waals surface area contributed by atoms with Gasteiger partial charge in [-0.15, -0.1) is 0 Å². The van der Waals surface area contributed by atoms with Gasteiger partial charge in [0.1, 0.15) is 0 Å². The van der Waals surface area contributed by atoms with Gasteiger partial charge < -0.3 is 10.3 Å². The summed E-state index contributed by atoms with van der Waals surface area (Å²) < 4.78 is 2.36. The maximum absolute atomic E-state index is 6.10. The Morgan fingerprint density at radius 1 is 1.37 bits per heavy atom. The maximum Gasteiger partial charge on any atom is 0.201 e. The van der Waals surface area contributed by atoms with Crippen LogP contribution < -0.4 is 5.73 Å². The van der Waals surface area contributed by atoms with Gasteiger partial charge in [0.2, 0.25) is 5.95 Å². The number of benzene rings is 1. The SMILES string of the molecule is CSC1(Cn2c(N)nc3cc(Cl)c(Cl)cc32)CCC1. The minimum absolute atomic E-state index is 0.299. The van der Waals surface area contributed by atoms with E-state index in [0.717, 1.165) is 17.6 Å². The minimum atomic E-state index is 0.299. The molecule has 0 spiro atoms. The first kappa shape index (κ1) is 13.4. The van der Waals surface area contributed by atoms with Crippen molar-refractivity contribution in [2.24, 2.45) is 0 Å². The Hall–Kier alpha value is -0.580. The van der Waals surface area contributed by atoms with E-state index in [0.29, 0.717) is 20.7 Å². The predicted molar refractivity (Wildman–Crippen MR) is 84.3 cm³/mol. The van der Waals surface area contributed by atoms with Gasteiger partial charge in [-0.2, -0.15) is 11.8 Å². The van der Waals surface area contributed by atoms with Crippen molar-refractivity contribution in [1.29, 1.82) is 0 Å². The van der Waals surface area contributed by atoms with Crippen LogP contribution in [0.3, 0.4) is 0 Å². The van der Waals surface area contributed by atoms with E-state index in [1.54, 1.807) is 6.07 Å². The molecule has 0 atom stereocenters. The molecule has 102 valence electrons. The van der Waals surface area contributed by atoms with Crippen molar-refractivity contribution in [1.82, 2.24) is 9.55 Å². The van der Waals surface area contributed by atoms with Crippen LogP contribution in [0.5, 0.6) is 0 Å². The Balaban J connectivity index is 2.07. The molecular formula is C13H15Cl2N3S. The number of fused-ring (bicyclic) bond motifs is 1. The van der Waals surface area contributed by atoms with E-state index in [-0.39, 0.29) is 0 Å². The van der Waals surface area contributed by atoms with Gasteiger partial charge >= 0.3 is 0 Å². The summed E-state index contributed by atoms with van der Waals surface area (Å²) in [6.45, 7) is 0.883. The van der Waals surface area contributed by atoms with E-state index in [2.05, 4.69) is 15.8 Å². The maximum atomic E-state index is 6.10. The summed E-state index contributed by atoms with van der Waals surface area (Å²) in [4.78, 5) is 4.38. The Labute approximate surface area is 126 Å². The molecular weight excluding hydrogens is 301 g/mol. The molecule has 3 rings (SSSR count). The van der Waals surface area contributed by atoms with Gasteiger partial charge in [0, 0.05) is 11.3 Å². The number of nitrogens with zero attached hydrogens (tertiary/aromatic N) is 2. The number of aromatic nitrogens is 2. The van der Waals surface area contributed by atoms with Crippen molar-refractivity contribution < 1.29 is 0 Å². The molecule has 0 radical (unpaired) electrons. The van der Waals surface area contributed by atoms with Crippen LogP contribution in [0, 0.1) is 0 Å². The van der Waals surface area contributed by atoms with Crippen molar-refractivity contribution in [3.05, 3.63) is 22.2 Å². The molecule has 0 saturated heterocycles. The fourth-order valence-electron chi connectivity index (χ4n) is 2.59. The number of hydrogen-bond donors (Lipinski definition) is 1. The van der Waals surface area contributed by atoms with Crippen LogP contribution >= 0.6 is 35.0 Å². The fraction of sp³-hybridized carbons (Fsp3) is 0.462. The van der Waals surface area contributed by atoms with Crippen molar-refractivity contribution in [2.75, 3.05) is 12.0 Å². The molecule has 2 aromatic rings. The van der Waals surface area contributed by atoms with E-state index in [4.69, 9.17) is 28.9 Å². The van der Waals surface area contributed by atoms with Crippen molar-refractivity contribution in [3.8, 4) is 0 Å². The third-order valence-electron chi connectivity index (χ3n) is 3.96. The molecule has 0 bridgehead atoms. The van der Waals surface area contributed by atoms with Gasteiger partial charge in [-0.25, -0.2) is 4.98 Å². The molecule has 3 nitrogen and oxygen atoms in total. The van der Waals surface area contributed by atoms with E-state index >= 15 is 0 Å². The summed E-state index contributed by atoms with van der Waals surface area (Å²) in [6.07, 6.45) is 5.92. The summed E-state index contributed by atoms with van der Waals surface area (Å²) in [6, 6.07) is 3.63. The smallest absolute Gasteiger partial charge is 0.201 e. The second kappa shape index (κ2) is 4.76. The fourth-order valence-corrected chi connectivity index (χ4v) is 3.86. The van der Waals surface area contributed by atoms with Gasteiger partial charge in [-0.3, -0.25) is 0 Å². The summed E-state index contributed by atoms with van der Waals surface area (Å²) >= 11 is 14.0. The van der Waals surface area contributed by atoms with Crippen LogP contribution in [-0.4, -0.2) is 20.6 Å². The Morgan fingerprint density at radius 3 is 2.63 bits per heavy atom. The van der Waals surface area contributed by atoms with E-state index in [1.165, 1.54) is 19.3 Å². The van der Waals surface area contributed by atoms with Crippen LogP contribution in [-0.2, 0) is 6.54 Å². The average Bonchev–Trinajstić information content (AvgIpc) is 2.61. The van der Waals surface area contributed by atoms with Gasteiger partial charge in [0.05, 0.1) is 21.1 Å². The number of thioether (sulfide) groups is 1. The first-order valence-electron chi connectivity index (χ1n) is 6.21. The van der Waals surface area contributed by atoms with Gasteiger partial charge in [-0.1, -0.05) is 29.6 Å². The van der Waals surface area contributed by atoms with Crippen LogP contribution in [0.25, 0.3) is 11.0 Å². The summed E-state index contributed by atoms with van der Waals surface area (Å²) in [5.41, 5.74) is 7.82.